The van der Waals surface area contributed by atoms with Crippen molar-refractivity contribution in [2.24, 2.45) is 17.4 Å². The van der Waals surface area contributed by atoms with E-state index in [2.05, 4.69) is 4.90 Å². The molecule has 0 radical (unpaired) electrons. The van der Waals surface area contributed by atoms with Crippen molar-refractivity contribution in [1.29, 1.82) is 0 Å². The van der Waals surface area contributed by atoms with Crippen molar-refractivity contribution in [3.63, 3.8) is 0 Å². The van der Waals surface area contributed by atoms with Gasteiger partial charge in [-0.15, -0.1) is 0 Å². The maximum absolute atomic E-state index is 11.5. The Hall–Kier alpha value is -1.55. The van der Waals surface area contributed by atoms with Crippen molar-refractivity contribution < 1.29 is 4.79 Å². The van der Waals surface area contributed by atoms with Crippen molar-refractivity contribution >= 4 is 11.6 Å². The number of nitrogens with two attached hydrogens (primary N) is 2. The molecule has 1 fully saturated rings. The summed E-state index contributed by atoms with van der Waals surface area (Å²) in [6, 6.07) is 7.72. The van der Waals surface area contributed by atoms with Crippen LogP contribution >= 0.6 is 0 Å². The summed E-state index contributed by atoms with van der Waals surface area (Å²) in [5.74, 6) is 0.119. The minimum absolute atomic E-state index is 0.188. The standard InChI is InChI=1S/C14H21N3O/c1-10(15)11-5-4-8-17(9-11)13-7-3-2-6-12(13)14(16)18/h2-3,6-7,10-11H,4-5,8-9,15H2,1H3,(H2,16,18). The first-order valence-electron chi connectivity index (χ1n) is 6.49. The van der Waals surface area contributed by atoms with Crippen LogP contribution in [0.3, 0.4) is 0 Å². The molecule has 18 heavy (non-hydrogen) atoms. The molecule has 1 saturated heterocycles. The summed E-state index contributed by atoms with van der Waals surface area (Å²) < 4.78 is 0. The molecule has 1 amide bonds. The van der Waals surface area contributed by atoms with Crippen LogP contribution < -0.4 is 16.4 Å². The van der Waals surface area contributed by atoms with Crippen LogP contribution in [-0.2, 0) is 0 Å². The predicted octanol–water partition coefficient (Wildman–Crippen LogP) is 1.35. The fourth-order valence-corrected chi connectivity index (χ4v) is 2.62. The Balaban J connectivity index is 2.23. The number of para-hydroxylation sites is 1. The highest BCUT2D eigenvalue weighted by molar-refractivity contribution is 5.98. The molecule has 2 rings (SSSR count). The van der Waals surface area contributed by atoms with Gasteiger partial charge >= 0.3 is 0 Å². The minimum atomic E-state index is -0.367. The third-order valence-electron chi connectivity index (χ3n) is 3.71. The van der Waals surface area contributed by atoms with Gasteiger partial charge in [0.25, 0.3) is 5.91 Å². The smallest absolute Gasteiger partial charge is 0.250 e. The SMILES string of the molecule is CC(N)C1CCCN(c2ccccc2C(N)=O)C1. The second-order valence-corrected chi connectivity index (χ2v) is 5.09. The molecule has 2 atom stereocenters. The fraction of sp³-hybridized carbons (Fsp3) is 0.500. The van der Waals surface area contributed by atoms with Gasteiger partial charge in [-0.3, -0.25) is 4.79 Å². The number of anilines is 1. The first kappa shape index (κ1) is 12.9. The number of carbonyl (C=O) groups is 1. The monoisotopic (exact) mass is 247 g/mol. The van der Waals surface area contributed by atoms with Gasteiger partial charge in [-0.1, -0.05) is 12.1 Å². The van der Waals surface area contributed by atoms with Crippen LogP contribution in [0.1, 0.15) is 30.1 Å². The molecule has 0 bridgehead atoms. The van der Waals surface area contributed by atoms with Gasteiger partial charge < -0.3 is 16.4 Å². The second-order valence-electron chi connectivity index (χ2n) is 5.09. The van der Waals surface area contributed by atoms with Crippen molar-refractivity contribution in [1.82, 2.24) is 0 Å². The van der Waals surface area contributed by atoms with Crippen LogP contribution in [0.2, 0.25) is 0 Å². The topological polar surface area (TPSA) is 72.3 Å². The van der Waals surface area contributed by atoms with Crippen LogP contribution in [0, 0.1) is 5.92 Å². The van der Waals surface area contributed by atoms with Gasteiger partial charge in [0, 0.05) is 24.8 Å². The van der Waals surface area contributed by atoms with Crippen LogP contribution in [-0.4, -0.2) is 25.0 Å². The third-order valence-corrected chi connectivity index (χ3v) is 3.71. The summed E-state index contributed by atoms with van der Waals surface area (Å²) in [5, 5.41) is 0. The van der Waals surface area contributed by atoms with Crippen LogP contribution in [0.4, 0.5) is 5.69 Å². The molecule has 1 aromatic carbocycles. The second kappa shape index (κ2) is 5.40. The van der Waals surface area contributed by atoms with E-state index in [-0.39, 0.29) is 11.9 Å². The lowest BCUT2D eigenvalue weighted by Crippen LogP contribution is -2.43. The normalized spacial score (nSPS) is 21.7. The molecule has 4 heteroatoms. The van der Waals surface area contributed by atoms with Crippen molar-refractivity contribution in [2.75, 3.05) is 18.0 Å². The number of amides is 1. The molecule has 98 valence electrons. The van der Waals surface area contributed by atoms with Gasteiger partial charge in [-0.2, -0.15) is 0 Å². The van der Waals surface area contributed by atoms with E-state index in [4.69, 9.17) is 11.5 Å². The lowest BCUT2D eigenvalue weighted by atomic mass is 9.91. The first-order chi connectivity index (χ1) is 8.59. The lowest BCUT2D eigenvalue weighted by molar-refractivity contribution is 0.100. The number of benzene rings is 1. The fourth-order valence-electron chi connectivity index (χ4n) is 2.62. The molecular weight excluding hydrogens is 226 g/mol. The number of hydrogen-bond acceptors (Lipinski definition) is 3. The zero-order valence-corrected chi connectivity index (χ0v) is 10.8. The first-order valence-corrected chi connectivity index (χ1v) is 6.49. The highest BCUT2D eigenvalue weighted by Crippen LogP contribution is 2.27. The molecule has 0 aromatic heterocycles. The Morgan fingerprint density at radius 3 is 2.83 bits per heavy atom. The number of piperidine rings is 1. The van der Waals surface area contributed by atoms with E-state index in [1.165, 1.54) is 0 Å². The number of primary amides is 1. The van der Waals surface area contributed by atoms with Crippen LogP contribution in [0.15, 0.2) is 24.3 Å². The van der Waals surface area contributed by atoms with E-state index in [0.717, 1.165) is 31.6 Å². The van der Waals surface area contributed by atoms with E-state index in [0.29, 0.717) is 11.5 Å². The van der Waals surface area contributed by atoms with Gasteiger partial charge in [-0.25, -0.2) is 0 Å². The Kier molecular flexibility index (Phi) is 3.87. The molecule has 4 nitrogen and oxygen atoms in total. The zero-order valence-electron chi connectivity index (χ0n) is 10.8. The highest BCUT2D eigenvalue weighted by atomic mass is 16.1. The van der Waals surface area contributed by atoms with E-state index >= 15 is 0 Å². The van der Waals surface area contributed by atoms with E-state index in [1.54, 1.807) is 6.07 Å². The molecule has 1 aromatic rings. The number of carbonyl (C=O) groups excluding carboxylic acids is 1. The van der Waals surface area contributed by atoms with E-state index in [9.17, 15) is 4.79 Å². The van der Waals surface area contributed by atoms with Crippen LogP contribution in [0.5, 0.6) is 0 Å². The molecule has 2 unspecified atom stereocenters. The molecule has 0 spiro atoms. The number of hydrogen-bond donors (Lipinski definition) is 2. The maximum Gasteiger partial charge on any atom is 0.250 e. The van der Waals surface area contributed by atoms with Gasteiger partial charge in [-0.05, 0) is 37.8 Å². The lowest BCUT2D eigenvalue weighted by Gasteiger charge is -2.36. The Morgan fingerprint density at radius 1 is 1.44 bits per heavy atom. The average molecular weight is 247 g/mol. The molecule has 0 saturated carbocycles. The quantitative estimate of drug-likeness (QED) is 0.847. The Morgan fingerprint density at radius 2 is 2.17 bits per heavy atom. The Bertz CT molecular complexity index is 431. The van der Waals surface area contributed by atoms with Crippen molar-refractivity contribution in [3.8, 4) is 0 Å². The van der Waals surface area contributed by atoms with Gasteiger partial charge in [0.1, 0.15) is 0 Å². The van der Waals surface area contributed by atoms with Crippen LogP contribution in [0.25, 0.3) is 0 Å². The highest BCUT2D eigenvalue weighted by Gasteiger charge is 2.24. The van der Waals surface area contributed by atoms with E-state index < -0.39 is 0 Å². The molecular formula is C14H21N3O. The van der Waals surface area contributed by atoms with Crippen molar-refractivity contribution in [3.05, 3.63) is 29.8 Å². The Labute approximate surface area is 108 Å². The average Bonchev–Trinajstić information content (AvgIpc) is 2.39. The molecule has 1 aliphatic heterocycles. The molecule has 1 heterocycles. The summed E-state index contributed by atoms with van der Waals surface area (Å²) in [5.41, 5.74) is 13.0. The summed E-state index contributed by atoms with van der Waals surface area (Å²) in [6.45, 7) is 3.92. The number of nitrogens with zero attached hydrogens (tertiary/aromatic N) is 1. The molecule has 4 N–H and O–H groups in total. The van der Waals surface area contributed by atoms with Gasteiger partial charge in [0.15, 0.2) is 0 Å². The zero-order chi connectivity index (χ0) is 13.1. The van der Waals surface area contributed by atoms with Gasteiger partial charge in [0.05, 0.1) is 5.56 Å². The predicted molar refractivity (Wildman–Crippen MR) is 73.5 cm³/mol. The molecule has 0 aliphatic carbocycles. The van der Waals surface area contributed by atoms with E-state index in [1.807, 2.05) is 25.1 Å². The summed E-state index contributed by atoms with van der Waals surface area (Å²) in [6.07, 6.45) is 2.27. The largest absolute Gasteiger partial charge is 0.371 e. The minimum Gasteiger partial charge on any atom is -0.371 e. The van der Waals surface area contributed by atoms with Gasteiger partial charge in [0.2, 0.25) is 0 Å². The summed E-state index contributed by atoms with van der Waals surface area (Å²) in [4.78, 5) is 13.7. The maximum atomic E-state index is 11.5. The summed E-state index contributed by atoms with van der Waals surface area (Å²) >= 11 is 0. The number of rotatable bonds is 3. The third kappa shape index (κ3) is 2.64. The molecule has 1 aliphatic rings. The summed E-state index contributed by atoms with van der Waals surface area (Å²) in [7, 11) is 0. The van der Waals surface area contributed by atoms with Crippen molar-refractivity contribution in [2.45, 2.75) is 25.8 Å².